The Morgan fingerprint density at radius 2 is 2.33 bits per heavy atom. The van der Waals surface area contributed by atoms with E-state index in [0.717, 1.165) is 5.82 Å². The van der Waals surface area contributed by atoms with Gasteiger partial charge in [-0.25, -0.2) is 13.4 Å². The van der Waals surface area contributed by atoms with Gasteiger partial charge in [-0.2, -0.15) is 5.10 Å². The first-order chi connectivity index (χ1) is 5.66. The van der Waals surface area contributed by atoms with E-state index >= 15 is 0 Å². The fourth-order valence-electron chi connectivity index (χ4n) is 1.39. The molecule has 2 rings (SSSR count). The zero-order chi connectivity index (χ0) is 8.60. The van der Waals surface area contributed by atoms with Gasteiger partial charge in [0.15, 0.2) is 9.84 Å². The summed E-state index contributed by atoms with van der Waals surface area (Å²) >= 11 is 0. The second-order valence-corrected chi connectivity index (χ2v) is 5.23. The lowest BCUT2D eigenvalue weighted by molar-refractivity contribution is 0.513. The molecule has 0 aliphatic carbocycles. The molecule has 0 amide bonds. The van der Waals surface area contributed by atoms with Crippen LogP contribution in [0.5, 0.6) is 0 Å². The van der Waals surface area contributed by atoms with Crippen LogP contribution >= 0.6 is 0 Å². The molecule has 1 aliphatic rings. The lowest BCUT2D eigenvalue weighted by atomic mass is 10.1. The van der Waals surface area contributed by atoms with Crippen molar-refractivity contribution in [2.75, 3.05) is 11.5 Å². The number of hydrogen-bond acceptors (Lipinski definition) is 4. The third-order valence-corrected chi connectivity index (χ3v) is 3.88. The Bertz CT molecular complexity index is 344. The molecule has 0 saturated carbocycles. The van der Waals surface area contributed by atoms with E-state index in [-0.39, 0.29) is 5.92 Å². The van der Waals surface area contributed by atoms with Crippen molar-refractivity contribution in [1.82, 2.24) is 15.2 Å². The molecule has 0 spiro atoms. The van der Waals surface area contributed by atoms with Gasteiger partial charge in [-0.1, -0.05) is 0 Å². The van der Waals surface area contributed by atoms with Gasteiger partial charge in [-0.05, 0) is 5.92 Å². The molecule has 1 aliphatic heterocycles. The molecule has 1 N–H and O–H groups in total. The number of aromatic amines is 1. The van der Waals surface area contributed by atoms with Crippen LogP contribution in [0.25, 0.3) is 0 Å². The van der Waals surface area contributed by atoms with E-state index in [9.17, 15) is 8.42 Å². The Labute approximate surface area is 70.1 Å². The fourth-order valence-corrected chi connectivity index (χ4v) is 2.96. The van der Waals surface area contributed by atoms with Crippen LogP contribution in [0, 0.1) is 5.92 Å². The molecule has 1 saturated heterocycles. The largest absolute Gasteiger partial charge is 0.263 e. The Morgan fingerprint density at radius 3 is 2.83 bits per heavy atom. The number of rotatable bonds is 2. The highest BCUT2D eigenvalue weighted by Gasteiger charge is 2.33. The van der Waals surface area contributed by atoms with Gasteiger partial charge < -0.3 is 0 Å². The Kier molecular flexibility index (Phi) is 1.64. The van der Waals surface area contributed by atoms with Crippen molar-refractivity contribution >= 4 is 9.84 Å². The number of hydrogen-bond donors (Lipinski definition) is 1. The van der Waals surface area contributed by atoms with Gasteiger partial charge in [0.25, 0.3) is 0 Å². The van der Waals surface area contributed by atoms with Crippen LogP contribution in [0.15, 0.2) is 6.33 Å². The SMILES string of the molecule is O=S1(=O)CC(Cc2ncn[nH]2)C1. The molecule has 1 aromatic heterocycles. The predicted octanol–water partition coefficient (Wildman–Crippen LogP) is -0.608. The van der Waals surface area contributed by atoms with E-state index < -0.39 is 9.84 Å². The zero-order valence-corrected chi connectivity index (χ0v) is 7.21. The standard InChI is InChI=1S/C6H9N3O2S/c10-12(11)2-5(3-12)1-6-7-4-8-9-6/h4-5H,1-3H2,(H,7,8,9). The van der Waals surface area contributed by atoms with Gasteiger partial charge in [-0.15, -0.1) is 0 Å². The summed E-state index contributed by atoms with van der Waals surface area (Å²) in [5, 5.41) is 6.39. The maximum atomic E-state index is 10.8. The summed E-state index contributed by atoms with van der Waals surface area (Å²) < 4.78 is 21.6. The summed E-state index contributed by atoms with van der Waals surface area (Å²) in [6.45, 7) is 0. The van der Waals surface area contributed by atoms with Crippen LogP contribution in [0.2, 0.25) is 0 Å². The van der Waals surface area contributed by atoms with E-state index in [4.69, 9.17) is 0 Å². The first kappa shape index (κ1) is 7.72. The minimum atomic E-state index is -2.70. The van der Waals surface area contributed by atoms with E-state index in [0.29, 0.717) is 17.9 Å². The van der Waals surface area contributed by atoms with Crippen molar-refractivity contribution < 1.29 is 8.42 Å². The van der Waals surface area contributed by atoms with Crippen LogP contribution in [0.1, 0.15) is 5.82 Å². The van der Waals surface area contributed by atoms with Gasteiger partial charge in [-0.3, -0.25) is 5.10 Å². The molecule has 12 heavy (non-hydrogen) atoms. The van der Waals surface area contributed by atoms with Crippen molar-refractivity contribution in [1.29, 1.82) is 0 Å². The minimum absolute atomic E-state index is 0.239. The van der Waals surface area contributed by atoms with E-state index in [1.807, 2.05) is 0 Å². The molecular formula is C6H9N3O2S. The van der Waals surface area contributed by atoms with E-state index in [2.05, 4.69) is 15.2 Å². The number of nitrogens with zero attached hydrogens (tertiary/aromatic N) is 2. The smallest absolute Gasteiger partial charge is 0.150 e. The van der Waals surface area contributed by atoms with Crippen LogP contribution in [0.4, 0.5) is 0 Å². The molecule has 0 bridgehead atoms. The summed E-state index contributed by atoms with van der Waals surface area (Å²) in [5.74, 6) is 1.61. The second kappa shape index (κ2) is 2.55. The van der Waals surface area contributed by atoms with Crippen LogP contribution in [-0.4, -0.2) is 35.1 Å². The van der Waals surface area contributed by atoms with Crippen LogP contribution in [-0.2, 0) is 16.3 Å². The molecule has 5 nitrogen and oxygen atoms in total. The predicted molar refractivity (Wildman–Crippen MR) is 42.2 cm³/mol. The molecule has 6 heteroatoms. The Balaban J connectivity index is 1.92. The van der Waals surface area contributed by atoms with E-state index in [1.54, 1.807) is 0 Å². The second-order valence-electron chi connectivity index (χ2n) is 3.08. The van der Waals surface area contributed by atoms with Gasteiger partial charge in [0.2, 0.25) is 0 Å². The minimum Gasteiger partial charge on any atom is -0.263 e. The summed E-state index contributed by atoms with van der Waals surface area (Å²) in [6.07, 6.45) is 2.13. The first-order valence-corrected chi connectivity index (χ1v) is 5.52. The highest BCUT2D eigenvalue weighted by Crippen LogP contribution is 2.20. The van der Waals surface area contributed by atoms with Gasteiger partial charge in [0, 0.05) is 6.42 Å². The van der Waals surface area contributed by atoms with Crippen molar-refractivity contribution in [3.63, 3.8) is 0 Å². The average molecular weight is 187 g/mol. The number of sulfone groups is 1. The van der Waals surface area contributed by atoms with E-state index in [1.165, 1.54) is 6.33 Å². The number of aromatic nitrogens is 3. The topological polar surface area (TPSA) is 75.7 Å². The summed E-state index contributed by atoms with van der Waals surface area (Å²) in [5.41, 5.74) is 0. The fraction of sp³-hybridized carbons (Fsp3) is 0.667. The molecule has 0 radical (unpaired) electrons. The molecule has 0 atom stereocenters. The molecular weight excluding hydrogens is 178 g/mol. The third-order valence-electron chi connectivity index (χ3n) is 1.93. The molecule has 0 aromatic carbocycles. The Morgan fingerprint density at radius 1 is 1.58 bits per heavy atom. The van der Waals surface area contributed by atoms with Crippen molar-refractivity contribution in [2.45, 2.75) is 6.42 Å². The normalized spacial score (nSPS) is 22.0. The summed E-state index contributed by atoms with van der Waals surface area (Å²) in [4.78, 5) is 3.92. The molecule has 2 heterocycles. The number of nitrogens with one attached hydrogen (secondary N) is 1. The molecule has 0 unspecified atom stereocenters. The third kappa shape index (κ3) is 1.47. The highest BCUT2D eigenvalue weighted by atomic mass is 32.2. The molecule has 1 fully saturated rings. The average Bonchev–Trinajstić information content (AvgIpc) is 2.35. The Hall–Kier alpha value is -0.910. The first-order valence-electron chi connectivity index (χ1n) is 3.70. The monoisotopic (exact) mass is 187 g/mol. The van der Waals surface area contributed by atoms with Gasteiger partial charge in [0.05, 0.1) is 11.5 Å². The maximum absolute atomic E-state index is 10.8. The summed E-state index contributed by atoms with van der Waals surface area (Å²) in [6, 6.07) is 0. The summed E-state index contributed by atoms with van der Waals surface area (Å²) in [7, 11) is -2.70. The van der Waals surface area contributed by atoms with Crippen LogP contribution in [0.3, 0.4) is 0 Å². The lowest BCUT2D eigenvalue weighted by Crippen LogP contribution is -2.37. The van der Waals surface area contributed by atoms with Gasteiger partial charge >= 0.3 is 0 Å². The highest BCUT2D eigenvalue weighted by molar-refractivity contribution is 7.92. The van der Waals surface area contributed by atoms with Crippen molar-refractivity contribution in [2.24, 2.45) is 5.92 Å². The molecule has 66 valence electrons. The zero-order valence-electron chi connectivity index (χ0n) is 6.40. The lowest BCUT2D eigenvalue weighted by Gasteiger charge is -2.24. The van der Waals surface area contributed by atoms with Crippen molar-refractivity contribution in [3.8, 4) is 0 Å². The van der Waals surface area contributed by atoms with Gasteiger partial charge in [0.1, 0.15) is 12.2 Å². The maximum Gasteiger partial charge on any atom is 0.150 e. The number of H-pyrrole nitrogens is 1. The van der Waals surface area contributed by atoms with Crippen LogP contribution < -0.4 is 0 Å². The molecule has 1 aromatic rings. The van der Waals surface area contributed by atoms with Crippen molar-refractivity contribution in [3.05, 3.63) is 12.2 Å². The quantitative estimate of drug-likeness (QED) is 0.670.